The minimum atomic E-state index is -0.403. The van der Waals surface area contributed by atoms with Crippen LogP contribution in [0, 0.1) is 0 Å². The summed E-state index contributed by atoms with van der Waals surface area (Å²) in [5, 5.41) is 2.51. The number of rotatable bonds is 5. The molecule has 0 atom stereocenters. The van der Waals surface area contributed by atoms with Crippen molar-refractivity contribution in [3.8, 4) is 16.8 Å². The van der Waals surface area contributed by atoms with Crippen LogP contribution in [-0.4, -0.2) is 10.3 Å². The third kappa shape index (κ3) is 4.14. The molecule has 2 nitrogen and oxygen atoms in total. The van der Waals surface area contributed by atoms with Crippen molar-refractivity contribution in [2.45, 2.75) is 12.3 Å². The van der Waals surface area contributed by atoms with Crippen LogP contribution in [0.3, 0.4) is 0 Å². The maximum Gasteiger partial charge on any atom is 0.0787 e. The van der Waals surface area contributed by atoms with E-state index in [2.05, 4.69) is 194 Å². The third-order valence-corrected chi connectivity index (χ3v) is 11.1. The highest BCUT2D eigenvalue weighted by atomic mass is 15.0. The fourth-order valence-electron chi connectivity index (χ4n) is 8.92. The number of aliphatic imine (C=N–C) groups is 1. The first kappa shape index (κ1) is 29.4. The molecule has 1 aromatic heterocycles. The van der Waals surface area contributed by atoms with Crippen LogP contribution in [0.15, 0.2) is 193 Å². The summed E-state index contributed by atoms with van der Waals surface area (Å²) in [6.45, 7) is 6.89. The molecule has 1 heterocycles. The number of para-hydroxylation sites is 2. The second kappa shape index (κ2) is 11.3. The van der Waals surface area contributed by atoms with E-state index in [1.807, 2.05) is 0 Å². The van der Waals surface area contributed by atoms with Crippen LogP contribution >= 0.6 is 0 Å². The summed E-state index contributed by atoms with van der Waals surface area (Å²) in [5.74, 6) is 0. The molecule has 0 unspecified atom stereocenters. The summed E-state index contributed by atoms with van der Waals surface area (Å²) >= 11 is 0. The van der Waals surface area contributed by atoms with Gasteiger partial charge < -0.3 is 4.57 Å². The van der Waals surface area contributed by atoms with Gasteiger partial charge in [-0.15, -0.1) is 0 Å². The van der Waals surface area contributed by atoms with E-state index in [0.29, 0.717) is 0 Å². The third-order valence-electron chi connectivity index (χ3n) is 11.1. The van der Waals surface area contributed by atoms with Gasteiger partial charge in [0.15, 0.2) is 0 Å². The van der Waals surface area contributed by atoms with Crippen LogP contribution in [0.4, 0.5) is 0 Å². The van der Waals surface area contributed by atoms with Crippen molar-refractivity contribution in [3.63, 3.8) is 0 Å². The fraction of sp³-hybridized carbons (Fsp3) is 0.0408. The quantitative estimate of drug-likeness (QED) is 0.165. The highest BCUT2D eigenvalue weighted by Gasteiger charge is 2.51. The first-order valence-corrected chi connectivity index (χ1v) is 17.6. The van der Waals surface area contributed by atoms with Crippen LogP contribution in [-0.2, 0) is 5.41 Å². The second-order valence-corrected chi connectivity index (χ2v) is 13.6. The first-order valence-electron chi connectivity index (χ1n) is 17.6. The Balaban J connectivity index is 1.14. The Bertz CT molecular complexity index is 2660. The van der Waals surface area contributed by atoms with Crippen molar-refractivity contribution in [1.82, 2.24) is 4.57 Å². The lowest BCUT2D eigenvalue weighted by Crippen LogP contribution is -2.26. The van der Waals surface area contributed by atoms with E-state index in [-0.39, 0.29) is 0 Å². The average molecular weight is 651 g/mol. The number of hydrogen-bond acceptors (Lipinski definition) is 1. The summed E-state index contributed by atoms with van der Waals surface area (Å²) in [7, 11) is 0. The Morgan fingerprint density at radius 2 is 0.961 bits per heavy atom. The summed E-state index contributed by atoms with van der Waals surface area (Å²) in [6.07, 6.45) is 0. The van der Waals surface area contributed by atoms with Gasteiger partial charge in [0.05, 0.1) is 27.9 Å². The number of hydrogen-bond donors (Lipinski definition) is 0. The molecular formula is C49H34N2. The Morgan fingerprint density at radius 3 is 1.55 bits per heavy atom. The highest BCUT2D eigenvalue weighted by molar-refractivity contribution is 6.35. The van der Waals surface area contributed by atoms with E-state index in [0.717, 1.165) is 28.2 Å². The largest absolute Gasteiger partial charge is 0.309 e. The van der Waals surface area contributed by atoms with Gasteiger partial charge in [-0.05, 0) is 75.7 Å². The van der Waals surface area contributed by atoms with Crippen molar-refractivity contribution in [1.29, 1.82) is 0 Å². The van der Waals surface area contributed by atoms with E-state index in [9.17, 15) is 0 Å². The normalized spacial score (nSPS) is 14.3. The smallest absolute Gasteiger partial charge is 0.0787 e. The average Bonchev–Trinajstić information content (AvgIpc) is 3.78. The predicted molar refractivity (Wildman–Crippen MR) is 214 cm³/mol. The van der Waals surface area contributed by atoms with Crippen LogP contribution in [0.1, 0.15) is 40.3 Å². The van der Waals surface area contributed by atoms with E-state index >= 15 is 0 Å². The van der Waals surface area contributed by atoms with Crippen LogP contribution < -0.4 is 0 Å². The topological polar surface area (TPSA) is 17.3 Å². The molecule has 0 radical (unpaired) electrons. The molecule has 2 aliphatic rings. The van der Waals surface area contributed by atoms with Crippen molar-refractivity contribution < 1.29 is 0 Å². The molecular weight excluding hydrogens is 617 g/mol. The minimum absolute atomic E-state index is 0.403. The Labute approximate surface area is 298 Å². The molecule has 240 valence electrons. The van der Waals surface area contributed by atoms with Gasteiger partial charge in [0.1, 0.15) is 0 Å². The van der Waals surface area contributed by atoms with E-state index in [1.54, 1.807) is 0 Å². The van der Waals surface area contributed by atoms with Gasteiger partial charge in [0.25, 0.3) is 0 Å². The van der Waals surface area contributed by atoms with Gasteiger partial charge in [-0.2, -0.15) is 0 Å². The second-order valence-electron chi connectivity index (χ2n) is 13.6. The maximum absolute atomic E-state index is 5.46. The molecule has 0 saturated heterocycles. The lowest BCUT2D eigenvalue weighted by atomic mass is 9.70. The van der Waals surface area contributed by atoms with Gasteiger partial charge in [-0.3, -0.25) is 0 Å². The Hall–Kier alpha value is -6.51. The SMILES string of the molecule is C=C(N=C(C1=C(C)C2(c3ccccc31)c1ccccc1-c1ccccc12)c1ccccc1)c1ccc(-n2c3ccccc3c3ccccc32)cc1. The number of allylic oxidation sites excluding steroid dienone is 2. The zero-order valence-electron chi connectivity index (χ0n) is 28.3. The number of fused-ring (bicyclic) bond motifs is 10. The van der Waals surface area contributed by atoms with Gasteiger partial charge in [0.2, 0.25) is 0 Å². The lowest BCUT2D eigenvalue weighted by molar-refractivity contribution is 0.767. The monoisotopic (exact) mass is 650 g/mol. The maximum atomic E-state index is 5.46. The summed E-state index contributed by atoms with van der Waals surface area (Å²) in [6, 6.07) is 63.3. The van der Waals surface area contributed by atoms with Crippen molar-refractivity contribution >= 4 is 38.8 Å². The summed E-state index contributed by atoms with van der Waals surface area (Å²) in [5.41, 5.74) is 17.1. The molecule has 1 spiro atoms. The van der Waals surface area contributed by atoms with E-state index in [4.69, 9.17) is 4.99 Å². The molecule has 7 aromatic carbocycles. The Kier molecular flexibility index (Phi) is 6.50. The predicted octanol–water partition coefficient (Wildman–Crippen LogP) is 12.0. The Morgan fingerprint density at radius 1 is 0.490 bits per heavy atom. The molecule has 10 rings (SSSR count). The lowest BCUT2D eigenvalue weighted by Gasteiger charge is -2.31. The molecule has 8 aromatic rings. The molecule has 0 saturated carbocycles. The van der Waals surface area contributed by atoms with Crippen molar-refractivity contribution in [2.75, 3.05) is 0 Å². The molecule has 0 N–H and O–H groups in total. The van der Waals surface area contributed by atoms with Crippen molar-refractivity contribution in [3.05, 3.63) is 221 Å². The molecule has 51 heavy (non-hydrogen) atoms. The first-order chi connectivity index (χ1) is 25.2. The fourth-order valence-corrected chi connectivity index (χ4v) is 8.92. The standard InChI is InChI=1S/C49H34N2/c1-32-47(41-22-8-13-25-44(41)49(32)42-23-11-6-18-37(42)38-19-7-12-24-43(38)49)48(35-16-4-3-5-17-35)50-33(2)34-28-30-36(31-29-34)51-45-26-14-9-20-39(45)40-21-10-15-27-46(40)51/h3-31H,2H2,1H3. The summed E-state index contributed by atoms with van der Waals surface area (Å²) in [4.78, 5) is 5.46. The zero-order valence-corrected chi connectivity index (χ0v) is 28.3. The zero-order chi connectivity index (χ0) is 34.1. The van der Waals surface area contributed by atoms with Gasteiger partial charge in [0, 0.05) is 27.6 Å². The van der Waals surface area contributed by atoms with Gasteiger partial charge in [-0.25, -0.2) is 4.99 Å². The highest BCUT2D eigenvalue weighted by Crippen LogP contribution is 2.62. The van der Waals surface area contributed by atoms with Gasteiger partial charge in [-0.1, -0.05) is 158 Å². The molecule has 0 fully saturated rings. The number of benzene rings is 7. The molecule has 0 amide bonds. The number of aromatic nitrogens is 1. The van der Waals surface area contributed by atoms with Crippen LogP contribution in [0.2, 0.25) is 0 Å². The minimum Gasteiger partial charge on any atom is -0.309 e. The van der Waals surface area contributed by atoms with Crippen molar-refractivity contribution in [2.24, 2.45) is 4.99 Å². The van der Waals surface area contributed by atoms with Gasteiger partial charge >= 0.3 is 0 Å². The van der Waals surface area contributed by atoms with Crippen LogP contribution in [0.5, 0.6) is 0 Å². The molecule has 2 aliphatic carbocycles. The molecule has 0 aliphatic heterocycles. The van der Waals surface area contributed by atoms with Crippen LogP contribution in [0.25, 0.3) is 49.9 Å². The van der Waals surface area contributed by atoms with E-state index in [1.165, 1.54) is 66.3 Å². The molecule has 0 bridgehead atoms. The molecule has 2 heteroatoms. The number of nitrogens with zero attached hydrogens (tertiary/aromatic N) is 2. The van der Waals surface area contributed by atoms with E-state index < -0.39 is 5.41 Å². The summed E-state index contributed by atoms with van der Waals surface area (Å²) < 4.78 is 2.34.